The average molecular weight is 420 g/mol. The number of aryl methyl sites for hydroxylation is 1. The highest BCUT2D eigenvalue weighted by Gasteiger charge is 2.32. The van der Waals surface area contributed by atoms with E-state index < -0.39 is 10.0 Å². The number of benzene rings is 1. The van der Waals surface area contributed by atoms with E-state index in [-0.39, 0.29) is 10.8 Å². The van der Waals surface area contributed by atoms with E-state index in [1.54, 1.807) is 13.8 Å². The van der Waals surface area contributed by atoms with Crippen LogP contribution in [0.5, 0.6) is 5.75 Å². The fourth-order valence-electron chi connectivity index (χ4n) is 3.72. The predicted molar refractivity (Wildman–Crippen MR) is 112 cm³/mol. The molecule has 29 heavy (non-hydrogen) atoms. The van der Waals surface area contributed by atoms with Crippen molar-refractivity contribution in [1.29, 1.82) is 0 Å². The highest BCUT2D eigenvalue weighted by molar-refractivity contribution is 7.89. The molecule has 0 spiro atoms. The van der Waals surface area contributed by atoms with Gasteiger partial charge in [0.05, 0.1) is 6.61 Å². The minimum Gasteiger partial charge on any atom is -0.494 e. The fourth-order valence-corrected chi connectivity index (χ4v) is 5.65. The Morgan fingerprint density at radius 2 is 1.79 bits per heavy atom. The van der Waals surface area contributed by atoms with Crippen molar-refractivity contribution < 1.29 is 17.9 Å². The van der Waals surface area contributed by atoms with Gasteiger partial charge in [0.1, 0.15) is 16.3 Å². The van der Waals surface area contributed by atoms with E-state index in [4.69, 9.17) is 4.74 Å². The summed E-state index contributed by atoms with van der Waals surface area (Å²) in [7, 11) is -3.61. The van der Waals surface area contributed by atoms with Gasteiger partial charge in [0.15, 0.2) is 0 Å². The second kappa shape index (κ2) is 9.00. The third kappa shape index (κ3) is 4.64. The summed E-state index contributed by atoms with van der Waals surface area (Å²) in [6, 6.07) is 7.51. The molecule has 0 atom stereocenters. The molecule has 2 aromatic rings. The molecule has 0 unspecified atom stereocenters. The molecule has 0 aliphatic carbocycles. The van der Waals surface area contributed by atoms with Gasteiger partial charge < -0.3 is 15.0 Å². The van der Waals surface area contributed by atoms with Gasteiger partial charge in [0, 0.05) is 25.3 Å². The molecule has 7 nitrogen and oxygen atoms in total. The summed E-state index contributed by atoms with van der Waals surface area (Å²) in [6.07, 6.45) is 2.80. The van der Waals surface area contributed by atoms with Gasteiger partial charge in [-0.3, -0.25) is 4.79 Å². The molecule has 2 heterocycles. The second-order valence-electron chi connectivity index (χ2n) is 7.30. The third-order valence-electron chi connectivity index (χ3n) is 5.20. The molecule has 1 amide bonds. The SMILES string of the molecule is CCOc1ccc(CNC(=O)c2[nH]c(C)c(S(=O)(=O)N3CCCCC3)c2C)cc1. The highest BCUT2D eigenvalue weighted by atomic mass is 32.2. The number of nitrogens with zero attached hydrogens (tertiary/aromatic N) is 1. The maximum atomic E-state index is 13.1. The summed E-state index contributed by atoms with van der Waals surface area (Å²) >= 11 is 0. The number of ether oxygens (including phenoxy) is 1. The Morgan fingerprint density at radius 1 is 1.14 bits per heavy atom. The second-order valence-corrected chi connectivity index (χ2v) is 9.18. The molecule has 0 saturated carbocycles. The van der Waals surface area contributed by atoms with Crippen LogP contribution in [0.4, 0.5) is 0 Å². The molecular formula is C21H29N3O4S. The lowest BCUT2D eigenvalue weighted by molar-refractivity contribution is 0.0945. The summed E-state index contributed by atoms with van der Waals surface area (Å²) in [6.45, 7) is 7.33. The van der Waals surface area contributed by atoms with Crippen LogP contribution in [-0.4, -0.2) is 43.3 Å². The van der Waals surface area contributed by atoms with Crippen molar-refractivity contribution >= 4 is 15.9 Å². The summed E-state index contributed by atoms with van der Waals surface area (Å²) in [5.41, 5.74) is 2.20. The Balaban J connectivity index is 1.74. The predicted octanol–water partition coefficient (Wildman–Crippen LogP) is 3.13. The van der Waals surface area contributed by atoms with Crippen molar-refractivity contribution in [2.45, 2.75) is 51.5 Å². The van der Waals surface area contributed by atoms with Crippen molar-refractivity contribution in [3.63, 3.8) is 0 Å². The van der Waals surface area contributed by atoms with Gasteiger partial charge in [-0.2, -0.15) is 4.31 Å². The molecule has 8 heteroatoms. The van der Waals surface area contributed by atoms with Crippen LogP contribution in [0, 0.1) is 13.8 Å². The summed E-state index contributed by atoms with van der Waals surface area (Å²) in [4.78, 5) is 15.9. The Hall–Kier alpha value is -2.32. The van der Waals surface area contributed by atoms with E-state index in [1.165, 1.54) is 4.31 Å². The van der Waals surface area contributed by atoms with Crippen LogP contribution in [0.3, 0.4) is 0 Å². The Kier molecular flexibility index (Phi) is 6.64. The van der Waals surface area contributed by atoms with Crippen molar-refractivity contribution in [2.75, 3.05) is 19.7 Å². The van der Waals surface area contributed by atoms with Gasteiger partial charge in [-0.25, -0.2) is 8.42 Å². The third-order valence-corrected chi connectivity index (χ3v) is 7.37. The first-order valence-electron chi connectivity index (χ1n) is 10.0. The number of carbonyl (C=O) groups excluding carboxylic acids is 1. The number of aromatic nitrogens is 1. The van der Waals surface area contributed by atoms with Crippen LogP contribution >= 0.6 is 0 Å². The largest absolute Gasteiger partial charge is 0.494 e. The monoisotopic (exact) mass is 419 g/mol. The molecule has 1 saturated heterocycles. The van der Waals surface area contributed by atoms with Crippen molar-refractivity contribution in [1.82, 2.24) is 14.6 Å². The van der Waals surface area contributed by atoms with Gasteiger partial charge in [-0.1, -0.05) is 18.6 Å². The summed E-state index contributed by atoms with van der Waals surface area (Å²) in [5, 5.41) is 2.86. The number of piperidine rings is 1. The molecule has 0 radical (unpaired) electrons. The van der Waals surface area contributed by atoms with Crippen LogP contribution in [0.25, 0.3) is 0 Å². The molecule has 158 valence electrons. The lowest BCUT2D eigenvalue weighted by Gasteiger charge is -2.26. The van der Waals surface area contributed by atoms with Crippen LogP contribution in [0.15, 0.2) is 29.2 Å². The van der Waals surface area contributed by atoms with Crippen LogP contribution in [0.1, 0.15) is 53.5 Å². The molecule has 1 aromatic carbocycles. The molecule has 1 fully saturated rings. The minimum absolute atomic E-state index is 0.227. The first kappa shape index (κ1) is 21.4. The lowest BCUT2D eigenvalue weighted by Crippen LogP contribution is -2.36. The fraction of sp³-hybridized carbons (Fsp3) is 0.476. The Morgan fingerprint density at radius 3 is 2.41 bits per heavy atom. The first-order chi connectivity index (χ1) is 13.8. The molecule has 0 bridgehead atoms. The number of hydrogen-bond donors (Lipinski definition) is 2. The molecule has 2 N–H and O–H groups in total. The zero-order valence-corrected chi connectivity index (χ0v) is 18.1. The highest BCUT2D eigenvalue weighted by Crippen LogP contribution is 2.28. The number of sulfonamides is 1. The van der Waals surface area contributed by atoms with Crippen LogP contribution in [0.2, 0.25) is 0 Å². The maximum Gasteiger partial charge on any atom is 0.268 e. The summed E-state index contributed by atoms with van der Waals surface area (Å²) in [5.74, 6) is 0.463. The minimum atomic E-state index is -3.61. The molecule has 3 rings (SSSR count). The zero-order chi connectivity index (χ0) is 21.0. The van der Waals surface area contributed by atoms with E-state index >= 15 is 0 Å². The van der Waals surface area contributed by atoms with Gasteiger partial charge in [0.2, 0.25) is 10.0 Å². The van der Waals surface area contributed by atoms with E-state index in [0.717, 1.165) is 30.6 Å². The number of hydrogen-bond acceptors (Lipinski definition) is 4. The molecule has 1 aromatic heterocycles. The van der Waals surface area contributed by atoms with Crippen molar-refractivity contribution in [3.8, 4) is 5.75 Å². The lowest BCUT2D eigenvalue weighted by atomic mass is 10.2. The van der Waals surface area contributed by atoms with Gasteiger partial charge >= 0.3 is 0 Å². The number of H-pyrrole nitrogens is 1. The van der Waals surface area contributed by atoms with Gasteiger partial charge in [-0.15, -0.1) is 0 Å². The number of amides is 1. The Bertz CT molecular complexity index is 959. The standard InChI is InChI=1S/C21H29N3O4S/c1-4-28-18-10-8-17(9-11-18)14-22-21(25)19-15(2)20(16(3)23-19)29(26,27)24-12-6-5-7-13-24/h8-11,23H,4-7,12-14H2,1-3H3,(H,22,25). The quantitative estimate of drug-likeness (QED) is 0.721. The number of nitrogens with one attached hydrogen (secondary N) is 2. The Labute approximate surface area is 172 Å². The number of carbonyl (C=O) groups is 1. The van der Waals surface area contributed by atoms with Gasteiger partial charge in [0.25, 0.3) is 5.91 Å². The van der Waals surface area contributed by atoms with E-state index in [0.29, 0.717) is 43.2 Å². The smallest absolute Gasteiger partial charge is 0.268 e. The van der Waals surface area contributed by atoms with Crippen molar-refractivity contribution in [3.05, 3.63) is 46.8 Å². The molecule has 1 aliphatic rings. The van der Waals surface area contributed by atoms with Crippen LogP contribution in [-0.2, 0) is 16.6 Å². The average Bonchev–Trinajstić information content (AvgIpc) is 3.03. The van der Waals surface area contributed by atoms with E-state index in [9.17, 15) is 13.2 Å². The van der Waals surface area contributed by atoms with Crippen molar-refractivity contribution in [2.24, 2.45) is 0 Å². The zero-order valence-electron chi connectivity index (χ0n) is 17.2. The number of rotatable bonds is 7. The van der Waals surface area contributed by atoms with E-state index in [2.05, 4.69) is 10.3 Å². The maximum absolute atomic E-state index is 13.1. The van der Waals surface area contributed by atoms with Crippen LogP contribution < -0.4 is 10.1 Å². The first-order valence-corrected chi connectivity index (χ1v) is 11.5. The molecular weight excluding hydrogens is 390 g/mol. The normalized spacial score (nSPS) is 15.3. The van der Waals surface area contributed by atoms with Gasteiger partial charge in [-0.05, 0) is 56.9 Å². The summed E-state index contributed by atoms with van der Waals surface area (Å²) < 4.78 is 33.1. The van der Waals surface area contributed by atoms with E-state index in [1.807, 2.05) is 31.2 Å². The number of aromatic amines is 1. The molecule has 1 aliphatic heterocycles. The topological polar surface area (TPSA) is 91.5 Å².